The summed E-state index contributed by atoms with van der Waals surface area (Å²) in [6.45, 7) is 6.63. The quantitative estimate of drug-likeness (QED) is 0.795. The molecule has 6 nitrogen and oxygen atoms in total. The first-order valence-corrected chi connectivity index (χ1v) is 6.64. The van der Waals surface area contributed by atoms with Crippen LogP contribution in [0.4, 0.5) is 11.5 Å². The number of nitrogen functional groups attached to an aromatic ring is 1. The Bertz CT molecular complexity index is 412. The molecule has 1 aromatic heterocycles. The largest absolute Gasteiger partial charge is 0.397 e. The van der Waals surface area contributed by atoms with Gasteiger partial charge in [-0.3, -0.25) is 9.69 Å². The Hall–Kier alpha value is -1.82. The Kier molecular flexibility index (Phi) is 4.57. The minimum atomic E-state index is 0.0987. The summed E-state index contributed by atoms with van der Waals surface area (Å²) in [4.78, 5) is 20.2. The molecule has 6 heteroatoms. The third kappa shape index (κ3) is 3.82. The highest BCUT2D eigenvalue weighted by molar-refractivity contribution is 5.77. The van der Waals surface area contributed by atoms with E-state index in [2.05, 4.69) is 20.1 Å². The van der Waals surface area contributed by atoms with Crippen LogP contribution in [0.3, 0.4) is 0 Å². The molecule has 0 aliphatic carbocycles. The van der Waals surface area contributed by atoms with Gasteiger partial charge in [0.25, 0.3) is 0 Å². The van der Waals surface area contributed by atoms with Crippen molar-refractivity contribution in [3.8, 4) is 0 Å². The second kappa shape index (κ2) is 6.38. The lowest BCUT2D eigenvalue weighted by Crippen LogP contribution is -2.49. The number of amides is 1. The van der Waals surface area contributed by atoms with Gasteiger partial charge in [-0.05, 0) is 19.1 Å². The van der Waals surface area contributed by atoms with Gasteiger partial charge < -0.3 is 16.0 Å². The zero-order chi connectivity index (χ0) is 13.7. The molecule has 0 saturated carbocycles. The normalized spacial score (nSPS) is 16.4. The van der Waals surface area contributed by atoms with Crippen LogP contribution >= 0.6 is 0 Å². The van der Waals surface area contributed by atoms with E-state index in [4.69, 9.17) is 5.73 Å². The van der Waals surface area contributed by atoms with Crippen molar-refractivity contribution in [2.24, 2.45) is 0 Å². The smallest absolute Gasteiger partial charge is 0.234 e. The third-order valence-corrected chi connectivity index (χ3v) is 3.21. The summed E-state index contributed by atoms with van der Waals surface area (Å²) in [5.74, 6) is 1.05. The van der Waals surface area contributed by atoms with E-state index in [0.29, 0.717) is 18.8 Å². The average molecular weight is 263 g/mol. The molecule has 3 N–H and O–H groups in total. The van der Waals surface area contributed by atoms with E-state index in [1.807, 2.05) is 19.1 Å². The molecule has 0 bridgehead atoms. The Morgan fingerprint density at radius 2 is 2.11 bits per heavy atom. The number of carbonyl (C=O) groups is 1. The number of pyridine rings is 1. The number of nitrogens with zero attached hydrogens (tertiary/aromatic N) is 3. The van der Waals surface area contributed by atoms with Gasteiger partial charge in [0, 0.05) is 32.7 Å². The van der Waals surface area contributed by atoms with E-state index >= 15 is 0 Å². The van der Waals surface area contributed by atoms with Crippen LogP contribution in [-0.4, -0.2) is 55.1 Å². The Morgan fingerprint density at radius 1 is 1.37 bits per heavy atom. The fourth-order valence-electron chi connectivity index (χ4n) is 2.18. The van der Waals surface area contributed by atoms with E-state index in [1.165, 1.54) is 0 Å². The number of piperazine rings is 1. The van der Waals surface area contributed by atoms with Crippen molar-refractivity contribution in [1.82, 2.24) is 15.2 Å². The standard InChI is InChI=1S/C13H21N5O/c1-2-15-13(19)10-17-5-7-18(8-6-17)12-4-3-11(14)9-16-12/h3-4,9H,2,5-8,10,14H2,1H3,(H,15,19). The second-order valence-corrected chi connectivity index (χ2v) is 4.67. The molecule has 2 heterocycles. The zero-order valence-corrected chi connectivity index (χ0v) is 11.3. The maximum Gasteiger partial charge on any atom is 0.234 e. The minimum Gasteiger partial charge on any atom is -0.397 e. The molecule has 1 fully saturated rings. The van der Waals surface area contributed by atoms with Crippen LogP contribution in [0.2, 0.25) is 0 Å². The number of hydrogen-bond acceptors (Lipinski definition) is 5. The van der Waals surface area contributed by atoms with Crippen LogP contribution in [0, 0.1) is 0 Å². The molecule has 0 atom stereocenters. The lowest BCUT2D eigenvalue weighted by molar-refractivity contribution is -0.122. The van der Waals surface area contributed by atoms with Crippen LogP contribution in [0.15, 0.2) is 18.3 Å². The molecule has 0 aromatic carbocycles. The number of nitrogens with two attached hydrogens (primary N) is 1. The molecule has 1 amide bonds. The Labute approximate surface area is 113 Å². The van der Waals surface area contributed by atoms with Gasteiger partial charge in [-0.25, -0.2) is 4.98 Å². The van der Waals surface area contributed by atoms with Gasteiger partial charge >= 0.3 is 0 Å². The predicted octanol–water partition coefficient (Wildman–Crippen LogP) is -0.0781. The zero-order valence-electron chi connectivity index (χ0n) is 11.3. The van der Waals surface area contributed by atoms with Crippen LogP contribution in [0.1, 0.15) is 6.92 Å². The fourth-order valence-corrected chi connectivity index (χ4v) is 2.18. The van der Waals surface area contributed by atoms with Crippen molar-refractivity contribution < 1.29 is 4.79 Å². The first-order chi connectivity index (χ1) is 9.19. The van der Waals surface area contributed by atoms with Gasteiger partial charge in [0.1, 0.15) is 5.82 Å². The molecule has 2 rings (SSSR count). The van der Waals surface area contributed by atoms with Crippen LogP contribution in [0.25, 0.3) is 0 Å². The summed E-state index contributed by atoms with van der Waals surface area (Å²) in [6, 6.07) is 3.80. The first-order valence-electron chi connectivity index (χ1n) is 6.64. The topological polar surface area (TPSA) is 74.5 Å². The number of nitrogens with one attached hydrogen (secondary N) is 1. The van der Waals surface area contributed by atoms with E-state index in [0.717, 1.165) is 32.0 Å². The predicted molar refractivity (Wildman–Crippen MR) is 76.0 cm³/mol. The maximum atomic E-state index is 11.5. The third-order valence-electron chi connectivity index (χ3n) is 3.21. The molecule has 104 valence electrons. The van der Waals surface area contributed by atoms with Crippen molar-refractivity contribution in [2.45, 2.75) is 6.92 Å². The first kappa shape index (κ1) is 13.6. The number of hydrogen-bond donors (Lipinski definition) is 2. The van der Waals surface area contributed by atoms with E-state index in [9.17, 15) is 4.79 Å². The average Bonchev–Trinajstić information content (AvgIpc) is 2.41. The summed E-state index contributed by atoms with van der Waals surface area (Å²) in [7, 11) is 0. The number of aromatic nitrogens is 1. The number of carbonyl (C=O) groups excluding carboxylic acids is 1. The number of rotatable bonds is 4. The summed E-state index contributed by atoms with van der Waals surface area (Å²) >= 11 is 0. The van der Waals surface area contributed by atoms with Crippen LogP contribution < -0.4 is 16.0 Å². The molecule has 1 aromatic rings. The van der Waals surface area contributed by atoms with Crippen molar-refractivity contribution in [3.05, 3.63) is 18.3 Å². The molecule has 0 spiro atoms. The highest BCUT2D eigenvalue weighted by atomic mass is 16.2. The molecular weight excluding hydrogens is 242 g/mol. The lowest BCUT2D eigenvalue weighted by Gasteiger charge is -2.34. The molecule has 19 heavy (non-hydrogen) atoms. The molecular formula is C13H21N5O. The monoisotopic (exact) mass is 263 g/mol. The van der Waals surface area contributed by atoms with Crippen molar-refractivity contribution in [3.63, 3.8) is 0 Å². The Balaban J connectivity index is 1.82. The van der Waals surface area contributed by atoms with Crippen molar-refractivity contribution >= 4 is 17.4 Å². The van der Waals surface area contributed by atoms with Gasteiger partial charge in [0.05, 0.1) is 18.4 Å². The van der Waals surface area contributed by atoms with Crippen LogP contribution in [-0.2, 0) is 4.79 Å². The summed E-state index contributed by atoms with van der Waals surface area (Å²) in [5, 5.41) is 2.82. The molecule has 1 saturated heterocycles. The highest BCUT2D eigenvalue weighted by Crippen LogP contribution is 2.14. The Morgan fingerprint density at radius 3 is 2.68 bits per heavy atom. The maximum absolute atomic E-state index is 11.5. The van der Waals surface area contributed by atoms with Gasteiger partial charge in [-0.15, -0.1) is 0 Å². The van der Waals surface area contributed by atoms with Gasteiger partial charge in [-0.1, -0.05) is 0 Å². The molecule has 0 radical (unpaired) electrons. The van der Waals surface area contributed by atoms with Crippen molar-refractivity contribution in [2.75, 3.05) is 49.9 Å². The molecule has 1 aliphatic heterocycles. The van der Waals surface area contributed by atoms with Crippen LogP contribution in [0.5, 0.6) is 0 Å². The van der Waals surface area contributed by atoms with Crippen molar-refractivity contribution in [1.29, 1.82) is 0 Å². The fraction of sp³-hybridized carbons (Fsp3) is 0.538. The van der Waals surface area contributed by atoms with E-state index in [-0.39, 0.29) is 5.91 Å². The molecule has 0 unspecified atom stereocenters. The summed E-state index contributed by atoms with van der Waals surface area (Å²) in [6.07, 6.45) is 1.68. The number of likely N-dealkylation sites (N-methyl/N-ethyl adjacent to an activating group) is 1. The molecule has 1 aliphatic rings. The second-order valence-electron chi connectivity index (χ2n) is 4.67. The summed E-state index contributed by atoms with van der Waals surface area (Å²) < 4.78 is 0. The van der Waals surface area contributed by atoms with Gasteiger partial charge in [0.15, 0.2) is 0 Å². The SMILES string of the molecule is CCNC(=O)CN1CCN(c2ccc(N)cn2)CC1. The van der Waals surface area contributed by atoms with Gasteiger partial charge in [-0.2, -0.15) is 0 Å². The van der Waals surface area contributed by atoms with E-state index in [1.54, 1.807) is 6.20 Å². The van der Waals surface area contributed by atoms with Gasteiger partial charge in [0.2, 0.25) is 5.91 Å². The van der Waals surface area contributed by atoms with E-state index < -0.39 is 0 Å². The highest BCUT2D eigenvalue weighted by Gasteiger charge is 2.19. The number of anilines is 2. The lowest BCUT2D eigenvalue weighted by atomic mass is 10.3. The summed E-state index contributed by atoms with van der Waals surface area (Å²) in [5.41, 5.74) is 6.31. The minimum absolute atomic E-state index is 0.0987.